The highest BCUT2D eigenvalue weighted by molar-refractivity contribution is 5.79. The molecule has 126 valence electrons. The second-order valence-corrected chi connectivity index (χ2v) is 5.48. The third-order valence-corrected chi connectivity index (χ3v) is 4.02. The summed E-state index contributed by atoms with van der Waals surface area (Å²) in [7, 11) is 0. The Hall–Kier alpha value is -2.76. The van der Waals surface area contributed by atoms with E-state index in [1.807, 2.05) is 30.9 Å². The highest BCUT2D eigenvalue weighted by Gasteiger charge is 2.22. The summed E-state index contributed by atoms with van der Waals surface area (Å²) in [4.78, 5) is 28.8. The molecule has 1 heterocycles. The minimum Gasteiger partial charge on any atom is -0.336 e. The number of carbonyl (C=O) groups is 1. The van der Waals surface area contributed by atoms with Crippen molar-refractivity contribution in [2.24, 2.45) is 0 Å². The molecule has 6 nitrogen and oxygen atoms in total. The van der Waals surface area contributed by atoms with Gasteiger partial charge in [0.15, 0.2) is 0 Å². The molecule has 0 fully saturated rings. The summed E-state index contributed by atoms with van der Waals surface area (Å²) in [5.74, 6) is 0.00927. The molecule has 0 aliphatic carbocycles. The fourth-order valence-corrected chi connectivity index (χ4v) is 2.80. The third kappa shape index (κ3) is 4.16. The van der Waals surface area contributed by atoms with Crippen LogP contribution in [0.15, 0.2) is 48.8 Å². The number of non-ortho nitro benzene ring substituents is 1. The van der Waals surface area contributed by atoms with Gasteiger partial charge in [-0.25, -0.2) is 0 Å². The maximum Gasteiger partial charge on any atom is 0.269 e. The van der Waals surface area contributed by atoms with Crippen molar-refractivity contribution in [3.05, 3.63) is 70.0 Å². The van der Waals surface area contributed by atoms with Crippen LogP contribution in [-0.4, -0.2) is 27.3 Å². The topological polar surface area (TPSA) is 76.3 Å². The van der Waals surface area contributed by atoms with Gasteiger partial charge in [-0.1, -0.05) is 19.1 Å². The summed E-state index contributed by atoms with van der Waals surface area (Å²) in [5, 5.41) is 10.7. The van der Waals surface area contributed by atoms with Crippen molar-refractivity contribution in [1.29, 1.82) is 0 Å². The number of benzene rings is 1. The standard InChI is InChI=1S/C18H21N3O3/c1-3-17(15-9-11-19-12-10-15)20(4-2)18(22)13-14-5-7-16(8-6-14)21(23)24/h5-12,17H,3-4,13H2,1-2H3/t17-/m1/s1. The van der Waals surface area contributed by atoms with Gasteiger partial charge in [-0.3, -0.25) is 19.9 Å². The van der Waals surface area contributed by atoms with Crippen LogP contribution in [0.2, 0.25) is 0 Å². The van der Waals surface area contributed by atoms with Crippen LogP contribution in [0.5, 0.6) is 0 Å². The first-order valence-electron chi connectivity index (χ1n) is 7.99. The molecule has 0 spiro atoms. The van der Waals surface area contributed by atoms with Crippen molar-refractivity contribution in [3.63, 3.8) is 0 Å². The molecule has 1 amide bonds. The number of hydrogen-bond donors (Lipinski definition) is 0. The summed E-state index contributed by atoms with van der Waals surface area (Å²) < 4.78 is 0. The van der Waals surface area contributed by atoms with Gasteiger partial charge in [-0.2, -0.15) is 0 Å². The summed E-state index contributed by atoms with van der Waals surface area (Å²) in [6.45, 7) is 4.61. The Labute approximate surface area is 141 Å². The molecule has 0 saturated carbocycles. The molecule has 0 N–H and O–H groups in total. The molecule has 0 radical (unpaired) electrons. The van der Waals surface area contributed by atoms with Gasteiger partial charge in [0.25, 0.3) is 5.69 Å². The van der Waals surface area contributed by atoms with Gasteiger partial charge in [0.1, 0.15) is 0 Å². The molecule has 0 aliphatic rings. The van der Waals surface area contributed by atoms with Gasteiger partial charge in [-0.15, -0.1) is 0 Å². The number of likely N-dealkylation sites (N-methyl/N-ethyl adjacent to an activating group) is 1. The normalized spacial score (nSPS) is 11.8. The van der Waals surface area contributed by atoms with E-state index in [1.54, 1.807) is 24.5 Å². The summed E-state index contributed by atoms with van der Waals surface area (Å²) in [5.41, 5.74) is 1.86. The van der Waals surface area contributed by atoms with Gasteiger partial charge >= 0.3 is 0 Å². The molecular weight excluding hydrogens is 306 g/mol. The maximum absolute atomic E-state index is 12.7. The van der Waals surface area contributed by atoms with E-state index in [0.717, 1.165) is 17.5 Å². The zero-order valence-electron chi connectivity index (χ0n) is 13.9. The number of aromatic nitrogens is 1. The highest BCUT2D eigenvalue weighted by atomic mass is 16.6. The molecule has 6 heteroatoms. The lowest BCUT2D eigenvalue weighted by atomic mass is 10.0. The number of nitro benzene ring substituents is 1. The van der Waals surface area contributed by atoms with Crippen molar-refractivity contribution in [2.75, 3.05) is 6.54 Å². The minimum atomic E-state index is -0.444. The SMILES string of the molecule is CC[C@H](c1ccncc1)N(CC)C(=O)Cc1ccc([N+](=O)[O-])cc1. The number of nitro groups is 1. The molecule has 24 heavy (non-hydrogen) atoms. The molecule has 2 rings (SSSR count). The average molecular weight is 327 g/mol. The molecule has 1 atom stereocenters. The molecule has 0 saturated heterocycles. The van der Waals surface area contributed by atoms with Crippen LogP contribution < -0.4 is 0 Å². The van der Waals surface area contributed by atoms with E-state index < -0.39 is 4.92 Å². The van der Waals surface area contributed by atoms with Crippen LogP contribution in [0.25, 0.3) is 0 Å². The third-order valence-electron chi connectivity index (χ3n) is 4.02. The van der Waals surface area contributed by atoms with Crippen LogP contribution in [0.4, 0.5) is 5.69 Å². The lowest BCUT2D eigenvalue weighted by Gasteiger charge is -2.30. The number of nitrogens with zero attached hydrogens (tertiary/aromatic N) is 3. The summed E-state index contributed by atoms with van der Waals surface area (Å²) in [6.07, 6.45) is 4.50. The number of hydrogen-bond acceptors (Lipinski definition) is 4. The van der Waals surface area contributed by atoms with E-state index in [0.29, 0.717) is 6.54 Å². The van der Waals surface area contributed by atoms with Crippen molar-refractivity contribution in [2.45, 2.75) is 32.7 Å². The second-order valence-electron chi connectivity index (χ2n) is 5.48. The fourth-order valence-electron chi connectivity index (χ4n) is 2.80. The number of rotatable bonds is 7. The number of carbonyl (C=O) groups excluding carboxylic acids is 1. The lowest BCUT2D eigenvalue weighted by Crippen LogP contribution is -2.35. The van der Waals surface area contributed by atoms with Gasteiger partial charge in [0, 0.05) is 31.1 Å². The Morgan fingerprint density at radius 1 is 1.17 bits per heavy atom. The van der Waals surface area contributed by atoms with Crippen LogP contribution in [0.3, 0.4) is 0 Å². The molecule has 0 unspecified atom stereocenters. The quantitative estimate of drug-likeness (QED) is 0.576. The first-order valence-corrected chi connectivity index (χ1v) is 7.99. The zero-order valence-corrected chi connectivity index (χ0v) is 13.9. The monoisotopic (exact) mass is 327 g/mol. The van der Waals surface area contributed by atoms with Crippen LogP contribution in [0.1, 0.15) is 37.4 Å². The predicted octanol–water partition coefficient (Wildman–Crippen LogP) is 3.53. The lowest BCUT2D eigenvalue weighted by molar-refractivity contribution is -0.384. The van der Waals surface area contributed by atoms with E-state index in [-0.39, 0.29) is 24.1 Å². The Morgan fingerprint density at radius 3 is 2.29 bits per heavy atom. The highest BCUT2D eigenvalue weighted by Crippen LogP contribution is 2.24. The van der Waals surface area contributed by atoms with E-state index >= 15 is 0 Å². The maximum atomic E-state index is 12.7. The van der Waals surface area contributed by atoms with Crippen LogP contribution >= 0.6 is 0 Å². The Bertz CT molecular complexity index is 686. The van der Waals surface area contributed by atoms with E-state index in [2.05, 4.69) is 4.98 Å². The van der Waals surface area contributed by atoms with Gasteiger partial charge in [-0.05, 0) is 36.6 Å². The van der Waals surface area contributed by atoms with Crippen molar-refractivity contribution in [3.8, 4) is 0 Å². The molecule has 1 aromatic carbocycles. The second kappa shape index (κ2) is 8.19. The molecule has 1 aromatic heterocycles. The van der Waals surface area contributed by atoms with E-state index in [4.69, 9.17) is 0 Å². The Kier molecular flexibility index (Phi) is 6.01. The Morgan fingerprint density at radius 2 is 1.79 bits per heavy atom. The van der Waals surface area contributed by atoms with Gasteiger partial charge in [0.05, 0.1) is 17.4 Å². The molecular formula is C18H21N3O3. The van der Waals surface area contributed by atoms with Crippen molar-refractivity contribution >= 4 is 11.6 Å². The minimum absolute atomic E-state index is 0.00329. The van der Waals surface area contributed by atoms with Crippen LogP contribution in [0, 0.1) is 10.1 Å². The zero-order chi connectivity index (χ0) is 17.5. The summed E-state index contributed by atoms with van der Waals surface area (Å²) >= 11 is 0. The van der Waals surface area contributed by atoms with E-state index in [1.165, 1.54) is 12.1 Å². The van der Waals surface area contributed by atoms with Gasteiger partial charge < -0.3 is 4.90 Å². The fraction of sp³-hybridized carbons (Fsp3) is 0.333. The van der Waals surface area contributed by atoms with E-state index in [9.17, 15) is 14.9 Å². The largest absolute Gasteiger partial charge is 0.336 e. The number of amides is 1. The van der Waals surface area contributed by atoms with Crippen molar-refractivity contribution in [1.82, 2.24) is 9.88 Å². The molecule has 0 bridgehead atoms. The van der Waals surface area contributed by atoms with Gasteiger partial charge in [0.2, 0.25) is 5.91 Å². The first-order chi connectivity index (χ1) is 11.6. The van der Waals surface area contributed by atoms with Crippen LogP contribution in [-0.2, 0) is 11.2 Å². The first kappa shape index (κ1) is 17.6. The average Bonchev–Trinajstić information content (AvgIpc) is 2.60. The molecule has 2 aromatic rings. The van der Waals surface area contributed by atoms with Crippen molar-refractivity contribution < 1.29 is 9.72 Å². The Balaban J connectivity index is 2.14. The number of pyridine rings is 1. The molecule has 0 aliphatic heterocycles. The summed E-state index contributed by atoms with van der Waals surface area (Å²) in [6, 6.07) is 9.99. The smallest absolute Gasteiger partial charge is 0.269 e. The predicted molar refractivity (Wildman–Crippen MR) is 91.5 cm³/mol.